The van der Waals surface area contributed by atoms with Crippen LogP contribution in [0.3, 0.4) is 0 Å². The van der Waals surface area contributed by atoms with Crippen LogP contribution < -0.4 is 10.1 Å². The summed E-state index contributed by atoms with van der Waals surface area (Å²) in [6, 6.07) is 10.3. The third kappa shape index (κ3) is 4.14. The average molecular weight is 366 g/mol. The quantitative estimate of drug-likeness (QED) is 0.819. The van der Waals surface area contributed by atoms with E-state index >= 15 is 0 Å². The number of nitrogens with one attached hydrogen (secondary N) is 1. The maximum atomic E-state index is 12.8. The van der Waals surface area contributed by atoms with E-state index in [2.05, 4.69) is 21.2 Å². The first-order chi connectivity index (χ1) is 10.5. The lowest BCUT2D eigenvalue weighted by atomic mass is 10.2. The number of carbonyl (C=O) groups is 2. The molecule has 0 saturated carbocycles. The summed E-state index contributed by atoms with van der Waals surface area (Å²) < 4.78 is 19.1. The number of rotatable bonds is 5. The Kier molecular flexibility index (Phi) is 5.27. The molecule has 0 aliphatic rings. The molecule has 114 valence electrons. The van der Waals surface area contributed by atoms with Gasteiger partial charge in [-0.3, -0.25) is 9.59 Å². The monoisotopic (exact) mass is 365 g/mol. The molecule has 1 atom stereocenters. The Labute approximate surface area is 135 Å². The number of anilines is 1. The van der Waals surface area contributed by atoms with Crippen LogP contribution in [0.1, 0.15) is 17.3 Å². The third-order valence-corrected chi connectivity index (χ3v) is 3.38. The molecule has 0 radical (unpaired) electrons. The van der Waals surface area contributed by atoms with E-state index in [9.17, 15) is 14.0 Å². The number of ether oxygens (including phenoxy) is 1. The first-order valence-electron chi connectivity index (χ1n) is 6.47. The second kappa shape index (κ2) is 7.17. The lowest BCUT2D eigenvalue weighted by Gasteiger charge is -2.16. The van der Waals surface area contributed by atoms with Crippen molar-refractivity contribution in [2.45, 2.75) is 13.0 Å². The van der Waals surface area contributed by atoms with Gasteiger partial charge in [-0.15, -0.1) is 0 Å². The molecule has 2 aromatic rings. The van der Waals surface area contributed by atoms with E-state index in [0.717, 1.165) is 4.47 Å². The summed E-state index contributed by atoms with van der Waals surface area (Å²) in [6.45, 7) is 1.56. The van der Waals surface area contributed by atoms with Crippen LogP contribution in [0.2, 0.25) is 0 Å². The van der Waals surface area contributed by atoms with Crippen molar-refractivity contribution in [3.8, 4) is 5.75 Å². The lowest BCUT2D eigenvalue weighted by Crippen LogP contribution is -2.30. The second-order valence-corrected chi connectivity index (χ2v) is 5.47. The Morgan fingerprint density at radius 1 is 1.27 bits per heavy atom. The summed E-state index contributed by atoms with van der Waals surface area (Å²) in [5.74, 6) is -0.459. The van der Waals surface area contributed by atoms with Gasteiger partial charge in [-0.1, -0.05) is 15.9 Å². The van der Waals surface area contributed by atoms with Crippen LogP contribution in [0.4, 0.5) is 10.1 Å². The number of amides is 1. The molecule has 22 heavy (non-hydrogen) atoms. The highest BCUT2D eigenvalue weighted by molar-refractivity contribution is 9.10. The van der Waals surface area contributed by atoms with Gasteiger partial charge in [-0.2, -0.15) is 0 Å². The van der Waals surface area contributed by atoms with Crippen LogP contribution >= 0.6 is 15.9 Å². The van der Waals surface area contributed by atoms with E-state index in [1.807, 2.05) is 0 Å². The molecular formula is C16H13BrFNO3. The molecule has 1 N–H and O–H groups in total. The molecule has 0 fully saturated rings. The largest absolute Gasteiger partial charge is 0.480 e. The van der Waals surface area contributed by atoms with Crippen molar-refractivity contribution >= 4 is 33.8 Å². The fraction of sp³-hybridized carbons (Fsp3) is 0.125. The van der Waals surface area contributed by atoms with Gasteiger partial charge < -0.3 is 10.1 Å². The number of benzene rings is 2. The molecule has 0 saturated heterocycles. The minimum Gasteiger partial charge on any atom is -0.480 e. The minimum atomic E-state index is -0.815. The average Bonchev–Trinajstić information content (AvgIpc) is 2.51. The van der Waals surface area contributed by atoms with Crippen molar-refractivity contribution in [2.75, 3.05) is 5.32 Å². The van der Waals surface area contributed by atoms with Gasteiger partial charge in [-0.25, -0.2) is 4.39 Å². The SMILES string of the molecule is C[C@H](Oc1ccc(Br)cc1C=O)C(=O)Nc1ccc(F)cc1. The highest BCUT2D eigenvalue weighted by Gasteiger charge is 2.16. The van der Waals surface area contributed by atoms with Gasteiger partial charge >= 0.3 is 0 Å². The van der Waals surface area contributed by atoms with Gasteiger partial charge in [0.05, 0.1) is 5.56 Å². The Bertz CT molecular complexity index is 688. The Morgan fingerprint density at radius 2 is 1.95 bits per heavy atom. The summed E-state index contributed by atoms with van der Waals surface area (Å²) in [7, 11) is 0. The molecule has 0 aliphatic heterocycles. The summed E-state index contributed by atoms with van der Waals surface area (Å²) >= 11 is 3.26. The Balaban J connectivity index is 2.05. The number of hydrogen-bond donors (Lipinski definition) is 1. The topological polar surface area (TPSA) is 55.4 Å². The normalized spacial score (nSPS) is 11.6. The van der Waals surface area contributed by atoms with Crippen LogP contribution in [0, 0.1) is 5.82 Å². The maximum absolute atomic E-state index is 12.8. The van der Waals surface area contributed by atoms with E-state index in [0.29, 0.717) is 23.3 Å². The summed E-state index contributed by atoms with van der Waals surface area (Å²) in [5, 5.41) is 2.61. The molecule has 0 aliphatic carbocycles. The predicted molar refractivity (Wildman–Crippen MR) is 84.6 cm³/mol. The molecule has 1 amide bonds. The summed E-state index contributed by atoms with van der Waals surface area (Å²) in [6.07, 6.45) is -0.157. The molecule has 0 aromatic heterocycles. The molecule has 0 unspecified atom stereocenters. The zero-order valence-electron chi connectivity index (χ0n) is 11.7. The maximum Gasteiger partial charge on any atom is 0.265 e. The fourth-order valence-electron chi connectivity index (χ4n) is 1.74. The van der Waals surface area contributed by atoms with Crippen molar-refractivity contribution in [3.05, 3.63) is 58.3 Å². The Hall–Kier alpha value is -2.21. The summed E-state index contributed by atoms with van der Waals surface area (Å²) in [4.78, 5) is 23.1. The number of aldehydes is 1. The molecule has 0 spiro atoms. The van der Waals surface area contributed by atoms with Crippen LogP contribution in [0.15, 0.2) is 46.9 Å². The molecule has 0 heterocycles. The van der Waals surface area contributed by atoms with E-state index < -0.39 is 12.0 Å². The fourth-order valence-corrected chi connectivity index (χ4v) is 2.12. The van der Waals surface area contributed by atoms with Gasteiger partial charge in [-0.05, 0) is 49.4 Å². The Morgan fingerprint density at radius 3 is 2.59 bits per heavy atom. The zero-order valence-corrected chi connectivity index (χ0v) is 13.3. The van der Waals surface area contributed by atoms with Gasteiger partial charge in [0.15, 0.2) is 12.4 Å². The van der Waals surface area contributed by atoms with E-state index in [4.69, 9.17) is 4.74 Å². The van der Waals surface area contributed by atoms with Crippen molar-refractivity contribution in [2.24, 2.45) is 0 Å². The highest BCUT2D eigenvalue weighted by atomic mass is 79.9. The van der Waals surface area contributed by atoms with Crippen molar-refractivity contribution < 1.29 is 18.7 Å². The number of hydrogen-bond acceptors (Lipinski definition) is 3. The predicted octanol–water partition coefficient (Wildman–Crippen LogP) is 3.81. The van der Waals surface area contributed by atoms with Crippen LogP contribution in [0.25, 0.3) is 0 Å². The minimum absolute atomic E-state index is 0.319. The molecule has 2 rings (SSSR count). The zero-order chi connectivity index (χ0) is 16.1. The van der Waals surface area contributed by atoms with E-state index in [1.165, 1.54) is 24.3 Å². The van der Waals surface area contributed by atoms with Crippen LogP contribution in [-0.4, -0.2) is 18.3 Å². The van der Waals surface area contributed by atoms with Crippen molar-refractivity contribution in [1.82, 2.24) is 0 Å². The van der Waals surface area contributed by atoms with Crippen LogP contribution in [-0.2, 0) is 4.79 Å². The van der Waals surface area contributed by atoms with E-state index in [1.54, 1.807) is 25.1 Å². The molecule has 6 heteroatoms. The van der Waals surface area contributed by atoms with Gasteiger partial charge in [0.1, 0.15) is 11.6 Å². The second-order valence-electron chi connectivity index (χ2n) is 4.56. The first kappa shape index (κ1) is 16.2. The number of halogens is 2. The highest BCUT2D eigenvalue weighted by Crippen LogP contribution is 2.23. The van der Waals surface area contributed by atoms with Crippen molar-refractivity contribution in [3.63, 3.8) is 0 Å². The smallest absolute Gasteiger partial charge is 0.265 e. The molecular weight excluding hydrogens is 353 g/mol. The first-order valence-corrected chi connectivity index (χ1v) is 7.26. The standard InChI is InChI=1S/C16H13BrFNO3/c1-10(16(21)19-14-5-3-13(18)4-6-14)22-15-7-2-12(17)8-11(15)9-20/h2-10H,1H3,(H,19,21)/t10-/m0/s1. The molecule has 4 nitrogen and oxygen atoms in total. The van der Waals surface area contributed by atoms with E-state index in [-0.39, 0.29) is 5.82 Å². The van der Waals surface area contributed by atoms with Crippen LogP contribution in [0.5, 0.6) is 5.75 Å². The summed E-state index contributed by atoms with van der Waals surface area (Å²) in [5.41, 5.74) is 0.809. The van der Waals surface area contributed by atoms with Gasteiger partial charge in [0, 0.05) is 10.2 Å². The number of carbonyl (C=O) groups excluding carboxylic acids is 2. The molecule has 2 aromatic carbocycles. The lowest BCUT2D eigenvalue weighted by molar-refractivity contribution is -0.122. The third-order valence-electron chi connectivity index (χ3n) is 2.88. The van der Waals surface area contributed by atoms with Crippen molar-refractivity contribution in [1.29, 1.82) is 0 Å². The van der Waals surface area contributed by atoms with Gasteiger partial charge in [0.25, 0.3) is 5.91 Å². The van der Waals surface area contributed by atoms with Gasteiger partial charge in [0.2, 0.25) is 0 Å². The molecule has 0 bridgehead atoms.